The number of methoxy groups -OCH3 is 1. The van der Waals surface area contributed by atoms with Crippen LogP contribution in [0.25, 0.3) is 10.9 Å². The van der Waals surface area contributed by atoms with E-state index in [4.69, 9.17) is 9.47 Å². The van der Waals surface area contributed by atoms with Crippen molar-refractivity contribution in [3.63, 3.8) is 0 Å². The van der Waals surface area contributed by atoms with Gasteiger partial charge in [-0.25, -0.2) is 4.79 Å². The lowest BCUT2D eigenvalue weighted by Gasteiger charge is -2.36. The van der Waals surface area contributed by atoms with Crippen LogP contribution in [0.1, 0.15) is 55.6 Å². The van der Waals surface area contributed by atoms with Crippen molar-refractivity contribution in [1.29, 1.82) is 0 Å². The molecule has 1 saturated heterocycles. The van der Waals surface area contributed by atoms with Crippen LogP contribution in [-0.2, 0) is 9.53 Å². The number of benzene rings is 1. The maximum atomic E-state index is 12.8. The fourth-order valence-corrected chi connectivity index (χ4v) is 3.81. The van der Waals surface area contributed by atoms with Gasteiger partial charge in [0.2, 0.25) is 0 Å². The number of piperidine rings is 1. The van der Waals surface area contributed by atoms with Gasteiger partial charge in [0.25, 0.3) is 5.91 Å². The Labute approximate surface area is 165 Å². The minimum absolute atomic E-state index is 0.118. The molecule has 0 N–H and O–H groups in total. The molecule has 150 valence electrons. The second-order valence-electron chi connectivity index (χ2n) is 7.32. The van der Waals surface area contributed by atoms with Crippen LogP contribution in [0.4, 0.5) is 0 Å². The lowest BCUT2D eigenvalue weighted by atomic mass is 9.99. The molecule has 2 heterocycles. The molecular weight excluding hydrogens is 356 g/mol. The molecule has 2 atom stereocenters. The third-order valence-corrected chi connectivity index (χ3v) is 5.45. The number of carbonyl (C=O) groups is 2. The average molecular weight is 384 g/mol. The van der Waals surface area contributed by atoms with E-state index in [0.29, 0.717) is 17.0 Å². The number of carbonyl (C=O) groups excluding carboxylic acids is 2. The Morgan fingerprint density at radius 3 is 2.79 bits per heavy atom. The molecule has 1 aromatic carbocycles. The Kier molecular flexibility index (Phi) is 6.17. The largest absolute Gasteiger partial charge is 0.497 e. The monoisotopic (exact) mass is 384 g/mol. The Morgan fingerprint density at radius 1 is 1.29 bits per heavy atom. The van der Waals surface area contributed by atoms with Gasteiger partial charge in [0, 0.05) is 18.0 Å². The fraction of sp³-hybridized carbons (Fsp3) is 0.500. The highest BCUT2D eigenvalue weighted by atomic mass is 16.5. The number of aryl methyl sites for hydroxylation is 1. The van der Waals surface area contributed by atoms with Crippen molar-refractivity contribution in [2.75, 3.05) is 13.7 Å². The number of rotatable bonds is 5. The lowest BCUT2D eigenvalue weighted by Crippen LogP contribution is -2.48. The van der Waals surface area contributed by atoms with Crippen molar-refractivity contribution >= 4 is 22.8 Å². The average Bonchev–Trinajstić information content (AvgIpc) is 2.72. The van der Waals surface area contributed by atoms with E-state index in [1.54, 1.807) is 27.0 Å². The lowest BCUT2D eigenvalue weighted by molar-refractivity contribution is -0.143. The van der Waals surface area contributed by atoms with Gasteiger partial charge >= 0.3 is 5.97 Å². The van der Waals surface area contributed by atoms with E-state index < -0.39 is 12.1 Å². The van der Waals surface area contributed by atoms with E-state index in [0.717, 1.165) is 43.1 Å². The minimum Gasteiger partial charge on any atom is -0.497 e. The van der Waals surface area contributed by atoms with E-state index in [2.05, 4.69) is 11.9 Å². The van der Waals surface area contributed by atoms with Crippen molar-refractivity contribution in [3.8, 4) is 5.75 Å². The number of likely N-dealkylation sites (tertiary alicyclic amines) is 1. The second-order valence-corrected chi connectivity index (χ2v) is 7.32. The van der Waals surface area contributed by atoms with Gasteiger partial charge in [0.1, 0.15) is 5.75 Å². The zero-order valence-electron chi connectivity index (χ0n) is 17.0. The molecule has 1 aliphatic heterocycles. The predicted molar refractivity (Wildman–Crippen MR) is 108 cm³/mol. The van der Waals surface area contributed by atoms with Gasteiger partial charge < -0.3 is 14.4 Å². The first-order valence-corrected chi connectivity index (χ1v) is 9.91. The van der Waals surface area contributed by atoms with E-state index in [1.165, 1.54) is 0 Å². The summed E-state index contributed by atoms with van der Waals surface area (Å²) in [5.41, 5.74) is 1.72. The third-order valence-electron chi connectivity index (χ3n) is 5.45. The van der Waals surface area contributed by atoms with Gasteiger partial charge in [-0.1, -0.05) is 6.92 Å². The molecule has 28 heavy (non-hydrogen) atoms. The van der Waals surface area contributed by atoms with E-state index in [-0.39, 0.29) is 11.9 Å². The van der Waals surface area contributed by atoms with Gasteiger partial charge in [-0.15, -0.1) is 0 Å². The summed E-state index contributed by atoms with van der Waals surface area (Å²) in [7, 11) is 1.59. The smallest absolute Gasteiger partial charge is 0.340 e. The van der Waals surface area contributed by atoms with Gasteiger partial charge in [-0.2, -0.15) is 0 Å². The summed E-state index contributed by atoms with van der Waals surface area (Å²) >= 11 is 0. The molecule has 0 bridgehead atoms. The summed E-state index contributed by atoms with van der Waals surface area (Å²) in [6.45, 7) is 6.24. The third kappa shape index (κ3) is 4.11. The van der Waals surface area contributed by atoms with Crippen LogP contribution in [0, 0.1) is 6.92 Å². The van der Waals surface area contributed by atoms with Crippen LogP contribution in [0.2, 0.25) is 0 Å². The Bertz CT molecular complexity index is 880. The number of ether oxygens (including phenoxy) is 2. The molecule has 0 radical (unpaired) electrons. The van der Waals surface area contributed by atoms with E-state index in [1.807, 2.05) is 23.1 Å². The maximum Gasteiger partial charge on any atom is 0.340 e. The molecule has 0 saturated carbocycles. The van der Waals surface area contributed by atoms with Crippen molar-refractivity contribution in [1.82, 2.24) is 9.88 Å². The summed E-state index contributed by atoms with van der Waals surface area (Å²) < 4.78 is 10.8. The van der Waals surface area contributed by atoms with Gasteiger partial charge in [-0.05, 0) is 63.8 Å². The predicted octanol–water partition coefficient (Wildman–Crippen LogP) is 3.89. The van der Waals surface area contributed by atoms with Gasteiger partial charge in [0.15, 0.2) is 6.10 Å². The van der Waals surface area contributed by atoms with Crippen molar-refractivity contribution < 1.29 is 19.1 Å². The zero-order chi connectivity index (χ0) is 20.3. The van der Waals surface area contributed by atoms with Crippen LogP contribution >= 0.6 is 0 Å². The van der Waals surface area contributed by atoms with E-state index >= 15 is 0 Å². The van der Waals surface area contributed by atoms with Gasteiger partial charge in [0.05, 0.1) is 23.9 Å². The molecule has 1 amide bonds. The molecule has 0 spiro atoms. The number of nitrogens with zero attached hydrogens (tertiary/aromatic N) is 2. The number of esters is 1. The van der Waals surface area contributed by atoms with Crippen molar-refractivity contribution in [3.05, 3.63) is 35.5 Å². The molecule has 3 rings (SSSR count). The first-order chi connectivity index (χ1) is 13.4. The molecule has 1 aromatic heterocycles. The molecule has 0 aliphatic carbocycles. The van der Waals surface area contributed by atoms with Crippen molar-refractivity contribution in [2.24, 2.45) is 0 Å². The van der Waals surface area contributed by atoms with Crippen LogP contribution in [0.15, 0.2) is 24.3 Å². The number of fused-ring (bicyclic) bond motifs is 1. The highest BCUT2D eigenvalue weighted by molar-refractivity contribution is 5.97. The summed E-state index contributed by atoms with van der Waals surface area (Å²) in [4.78, 5) is 31.9. The molecule has 6 heteroatoms. The number of pyridine rings is 1. The number of amides is 1. The summed E-state index contributed by atoms with van der Waals surface area (Å²) in [5, 5.41) is 0.790. The van der Waals surface area contributed by atoms with Crippen LogP contribution < -0.4 is 4.74 Å². The molecule has 1 aliphatic rings. The van der Waals surface area contributed by atoms with Crippen LogP contribution in [0.5, 0.6) is 5.75 Å². The topological polar surface area (TPSA) is 68.7 Å². The quantitative estimate of drug-likeness (QED) is 0.732. The Morgan fingerprint density at radius 2 is 2.07 bits per heavy atom. The number of aromatic nitrogens is 1. The first kappa shape index (κ1) is 20.1. The Balaban J connectivity index is 1.78. The molecular formula is C22H28N2O4. The highest BCUT2D eigenvalue weighted by Gasteiger charge is 2.31. The summed E-state index contributed by atoms with van der Waals surface area (Å²) in [6, 6.07) is 7.49. The van der Waals surface area contributed by atoms with Gasteiger partial charge in [-0.3, -0.25) is 9.78 Å². The molecule has 1 fully saturated rings. The normalized spacial score (nSPS) is 18.0. The first-order valence-electron chi connectivity index (χ1n) is 9.91. The molecule has 2 aromatic rings. The Hall–Kier alpha value is -2.63. The van der Waals surface area contributed by atoms with Crippen LogP contribution in [-0.4, -0.2) is 47.6 Å². The second kappa shape index (κ2) is 8.59. The summed E-state index contributed by atoms with van der Waals surface area (Å²) in [5.74, 6) is 0.0466. The van der Waals surface area contributed by atoms with Crippen molar-refractivity contribution in [2.45, 2.75) is 58.6 Å². The minimum atomic E-state index is -0.819. The maximum absolute atomic E-state index is 12.8. The zero-order valence-corrected chi connectivity index (χ0v) is 17.0. The molecule has 2 unspecified atom stereocenters. The number of hydrogen-bond donors (Lipinski definition) is 0. The highest BCUT2D eigenvalue weighted by Crippen LogP contribution is 2.24. The fourth-order valence-electron chi connectivity index (χ4n) is 3.81. The standard InChI is InChI=1S/C22H28N2O4/c1-5-17-8-6-7-11-24(17)21(25)15(3)28-22(26)19-13-16-12-18(27-4)9-10-20(16)23-14(19)2/h9-10,12-13,15,17H,5-8,11H2,1-4H3. The van der Waals surface area contributed by atoms with E-state index in [9.17, 15) is 9.59 Å². The number of hydrogen-bond acceptors (Lipinski definition) is 5. The SMILES string of the molecule is CCC1CCCCN1C(=O)C(C)OC(=O)c1cc2cc(OC)ccc2nc1C. The van der Waals surface area contributed by atoms with Crippen LogP contribution in [0.3, 0.4) is 0 Å². The summed E-state index contributed by atoms with van der Waals surface area (Å²) in [6.07, 6.45) is 3.25. The molecule has 6 nitrogen and oxygen atoms in total.